The van der Waals surface area contributed by atoms with E-state index in [1.165, 1.54) is 128 Å². The normalized spacial score (nSPS) is 14.5. The SMILES string of the molecule is CCCCCCCCCCCC[C@H](C)CCCCCCC[C@H](C)CCC[C@H](C)C(C)=O. The van der Waals surface area contributed by atoms with Crippen LogP contribution in [-0.2, 0) is 4.79 Å². The first-order valence-electron chi connectivity index (χ1n) is 14.5. The molecule has 0 aromatic heterocycles. The van der Waals surface area contributed by atoms with Crippen LogP contribution in [0.5, 0.6) is 0 Å². The molecule has 0 aromatic rings. The van der Waals surface area contributed by atoms with Gasteiger partial charge >= 0.3 is 0 Å². The average Bonchev–Trinajstić information content (AvgIpc) is 2.74. The Morgan fingerprint density at radius 1 is 0.484 bits per heavy atom. The number of carbonyl (C=O) groups excluding carboxylic acids is 1. The van der Waals surface area contributed by atoms with Gasteiger partial charge in [-0.1, -0.05) is 156 Å². The van der Waals surface area contributed by atoms with E-state index in [9.17, 15) is 4.79 Å². The van der Waals surface area contributed by atoms with Gasteiger partial charge in [0.2, 0.25) is 0 Å². The summed E-state index contributed by atoms with van der Waals surface area (Å²) >= 11 is 0. The summed E-state index contributed by atoms with van der Waals surface area (Å²) in [4.78, 5) is 11.3. The lowest BCUT2D eigenvalue weighted by atomic mass is 9.93. The Kier molecular flexibility index (Phi) is 22.6. The molecule has 0 saturated heterocycles. The molecule has 0 aliphatic carbocycles. The number of hydrogen-bond donors (Lipinski definition) is 0. The predicted octanol–water partition coefficient (Wildman–Crippen LogP) is 10.7. The fourth-order valence-corrected chi connectivity index (χ4v) is 4.76. The summed E-state index contributed by atoms with van der Waals surface area (Å²) in [5.41, 5.74) is 0. The van der Waals surface area contributed by atoms with Crippen molar-refractivity contribution < 1.29 is 4.79 Å². The quantitative estimate of drug-likeness (QED) is 0.137. The average molecular weight is 437 g/mol. The van der Waals surface area contributed by atoms with Crippen LogP contribution in [0.3, 0.4) is 0 Å². The van der Waals surface area contributed by atoms with E-state index in [-0.39, 0.29) is 5.92 Å². The molecule has 3 atom stereocenters. The van der Waals surface area contributed by atoms with Crippen molar-refractivity contribution in [2.45, 2.75) is 169 Å². The van der Waals surface area contributed by atoms with Crippen LogP contribution in [0.4, 0.5) is 0 Å². The molecule has 0 rings (SSSR count). The van der Waals surface area contributed by atoms with Crippen LogP contribution in [0.1, 0.15) is 169 Å². The van der Waals surface area contributed by atoms with Crippen LogP contribution < -0.4 is 0 Å². The van der Waals surface area contributed by atoms with Crippen LogP contribution >= 0.6 is 0 Å². The lowest BCUT2D eigenvalue weighted by Gasteiger charge is -2.13. The smallest absolute Gasteiger partial charge is 0.132 e. The molecule has 0 aromatic carbocycles. The largest absolute Gasteiger partial charge is 0.300 e. The highest BCUT2D eigenvalue weighted by Crippen LogP contribution is 2.21. The maximum absolute atomic E-state index is 11.3. The van der Waals surface area contributed by atoms with Crippen molar-refractivity contribution in [3.63, 3.8) is 0 Å². The monoisotopic (exact) mass is 436 g/mol. The molecule has 0 aliphatic heterocycles. The van der Waals surface area contributed by atoms with Crippen LogP contribution in [0, 0.1) is 17.8 Å². The van der Waals surface area contributed by atoms with Crippen molar-refractivity contribution in [3.05, 3.63) is 0 Å². The van der Waals surface area contributed by atoms with Crippen LogP contribution in [-0.4, -0.2) is 5.78 Å². The van der Waals surface area contributed by atoms with E-state index >= 15 is 0 Å². The van der Waals surface area contributed by atoms with E-state index in [1.54, 1.807) is 6.92 Å². The lowest BCUT2D eigenvalue weighted by molar-refractivity contribution is -0.120. The summed E-state index contributed by atoms with van der Waals surface area (Å²) in [7, 11) is 0. The predicted molar refractivity (Wildman–Crippen MR) is 141 cm³/mol. The van der Waals surface area contributed by atoms with Gasteiger partial charge in [-0.15, -0.1) is 0 Å². The second-order valence-corrected chi connectivity index (χ2v) is 11.0. The number of rotatable bonds is 24. The van der Waals surface area contributed by atoms with Crippen molar-refractivity contribution in [1.82, 2.24) is 0 Å². The minimum Gasteiger partial charge on any atom is -0.300 e. The van der Waals surface area contributed by atoms with Gasteiger partial charge in [-0.2, -0.15) is 0 Å². The van der Waals surface area contributed by atoms with E-state index in [0.717, 1.165) is 18.3 Å². The zero-order valence-electron chi connectivity index (χ0n) is 22.5. The number of unbranched alkanes of at least 4 members (excludes halogenated alkanes) is 13. The second-order valence-electron chi connectivity index (χ2n) is 11.0. The number of ketones is 1. The van der Waals surface area contributed by atoms with Gasteiger partial charge < -0.3 is 0 Å². The molecule has 0 fully saturated rings. The second kappa shape index (κ2) is 22.8. The fraction of sp³-hybridized carbons (Fsp3) is 0.967. The Bertz CT molecular complexity index is 375. The van der Waals surface area contributed by atoms with Crippen molar-refractivity contribution in [2.24, 2.45) is 17.8 Å². The summed E-state index contributed by atoms with van der Waals surface area (Å²) in [5.74, 6) is 2.39. The Hall–Kier alpha value is -0.330. The summed E-state index contributed by atoms with van der Waals surface area (Å²) in [6.07, 6.45) is 29.5. The highest BCUT2D eigenvalue weighted by molar-refractivity contribution is 5.77. The third-order valence-corrected chi connectivity index (χ3v) is 7.47. The standard InChI is InChI=1S/C30H60O/c1-6-7-8-9-10-11-12-13-15-18-22-27(2)23-19-16-14-17-20-24-28(3)25-21-26-29(4)30(5)31/h27-29H,6-26H2,1-5H3/t27-,28-,29-/m0/s1. The summed E-state index contributed by atoms with van der Waals surface area (Å²) < 4.78 is 0. The third kappa shape index (κ3) is 22.6. The minimum atomic E-state index is 0.264. The molecule has 0 aliphatic rings. The van der Waals surface area contributed by atoms with Crippen molar-refractivity contribution in [2.75, 3.05) is 0 Å². The first-order chi connectivity index (χ1) is 15.0. The van der Waals surface area contributed by atoms with Gasteiger partial charge in [0.05, 0.1) is 0 Å². The minimum absolute atomic E-state index is 0.264. The molecule has 31 heavy (non-hydrogen) atoms. The van der Waals surface area contributed by atoms with Crippen LogP contribution in [0.25, 0.3) is 0 Å². The molecule has 0 N–H and O–H groups in total. The van der Waals surface area contributed by atoms with E-state index in [1.807, 2.05) is 0 Å². The van der Waals surface area contributed by atoms with E-state index in [4.69, 9.17) is 0 Å². The molecule has 0 heterocycles. The first-order valence-corrected chi connectivity index (χ1v) is 14.5. The summed E-state index contributed by atoms with van der Waals surface area (Å²) in [6, 6.07) is 0. The van der Waals surface area contributed by atoms with Gasteiger partial charge in [0.25, 0.3) is 0 Å². The molecule has 0 bridgehead atoms. The van der Waals surface area contributed by atoms with Crippen molar-refractivity contribution in [1.29, 1.82) is 0 Å². The third-order valence-electron chi connectivity index (χ3n) is 7.47. The molecule has 1 nitrogen and oxygen atoms in total. The maximum Gasteiger partial charge on any atom is 0.132 e. The lowest BCUT2D eigenvalue weighted by Crippen LogP contribution is -2.06. The van der Waals surface area contributed by atoms with Crippen LogP contribution in [0.15, 0.2) is 0 Å². The zero-order chi connectivity index (χ0) is 23.2. The molecule has 0 unspecified atom stereocenters. The Balaban J connectivity index is 3.32. The van der Waals surface area contributed by atoms with Crippen molar-refractivity contribution >= 4 is 5.78 Å². The fourth-order valence-electron chi connectivity index (χ4n) is 4.76. The highest BCUT2D eigenvalue weighted by atomic mass is 16.1. The van der Waals surface area contributed by atoms with E-state index in [2.05, 4.69) is 27.7 Å². The van der Waals surface area contributed by atoms with Gasteiger partial charge in [-0.3, -0.25) is 4.79 Å². The number of hydrogen-bond acceptors (Lipinski definition) is 1. The molecule has 0 spiro atoms. The highest BCUT2D eigenvalue weighted by Gasteiger charge is 2.09. The Morgan fingerprint density at radius 2 is 0.806 bits per heavy atom. The molecule has 0 amide bonds. The van der Waals surface area contributed by atoms with Crippen molar-refractivity contribution in [3.8, 4) is 0 Å². The van der Waals surface area contributed by atoms with Gasteiger partial charge in [0.1, 0.15) is 5.78 Å². The summed E-state index contributed by atoms with van der Waals surface area (Å²) in [5, 5.41) is 0. The first kappa shape index (κ1) is 30.7. The molecular weight excluding hydrogens is 376 g/mol. The van der Waals surface area contributed by atoms with Crippen LogP contribution in [0.2, 0.25) is 0 Å². The number of Topliss-reactive ketones (excluding diaryl/α,β-unsaturated/α-hetero) is 1. The number of carbonyl (C=O) groups is 1. The van der Waals surface area contributed by atoms with E-state index < -0.39 is 0 Å². The van der Waals surface area contributed by atoms with Gasteiger partial charge in [-0.25, -0.2) is 0 Å². The van der Waals surface area contributed by atoms with Gasteiger partial charge in [-0.05, 0) is 25.2 Å². The Labute approximate surface area is 197 Å². The zero-order valence-corrected chi connectivity index (χ0v) is 22.5. The topological polar surface area (TPSA) is 17.1 Å². The molecule has 0 radical (unpaired) electrons. The summed E-state index contributed by atoms with van der Waals surface area (Å²) in [6.45, 7) is 11.0. The van der Waals surface area contributed by atoms with Gasteiger partial charge in [0.15, 0.2) is 0 Å². The molecule has 1 heteroatoms. The molecule has 186 valence electrons. The molecule has 0 saturated carbocycles. The van der Waals surface area contributed by atoms with E-state index in [0.29, 0.717) is 5.78 Å². The Morgan fingerprint density at radius 3 is 1.16 bits per heavy atom. The maximum atomic E-state index is 11.3. The van der Waals surface area contributed by atoms with Gasteiger partial charge in [0, 0.05) is 5.92 Å². The molecular formula is C30H60O.